The number of methoxy groups -OCH3 is 1. The van der Waals surface area contributed by atoms with Crippen molar-refractivity contribution >= 4 is 27.5 Å². The van der Waals surface area contributed by atoms with Crippen LogP contribution < -0.4 is 14.4 Å². The van der Waals surface area contributed by atoms with Crippen LogP contribution in [-0.4, -0.2) is 57.1 Å². The van der Waals surface area contributed by atoms with Crippen molar-refractivity contribution < 1.29 is 22.7 Å². The van der Waals surface area contributed by atoms with Gasteiger partial charge in [-0.3, -0.25) is 13.9 Å². The third-order valence-electron chi connectivity index (χ3n) is 6.78. The van der Waals surface area contributed by atoms with Gasteiger partial charge in [0, 0.05) is 31.6 Å². The number of sulfonamides is 1. The summed E-state index contributed by atoms with van der Waals surface area (Å²) in [5.41, 5.74) is 1.43. The average molecular weight is 530 g/mol. The highest BCUT2D eigenvalue weighted by Gasteiger charge is 2.30. The quantitative estimate of drug-likeness (QED) is 0.421. The van der Waals surface area contributed by atoms with Crippen molar-refractivity contribution in [2.45, 2.75) is 70.5 Å². The Morgan fingerprint density at radius 2 is 1.78 bits per heavy atom. The molecule has 1 N–H and O–H groups in total. The Morgan fingerprint density at radius 3 is 2.41 bits per heavy atom. The lowest BCUT2D eigenvalue weighted by atomic mass is 10.1. The summed E-state index contributed by atoms with van der Waals surface area (Å²) in [5.74, 6) is 0.263. The van der Waals surface area contributed by atoms with Crippen molar-refractivity contribution in [3.05, 3.63) is 60.2 Å². The molecule has 0 heterocycles. The molecule has 0 unspecified atom stereocenters. The van der Waals surface area contributed by atoms with Gasteiger partial charge in [-0.2, -0.15) is 0 Å². The highest BCUT2D eigenvalue weighted by atomic mass is 32.2. The minimum absolute atomic E-state index is 0.118. The fourth-order valence-electron chi connectivity index (χ4n) is 4.84. The topological polar surface area (TPSA) is 96.0 Å². The van der Waals surface area contributed by atoms with E-state index in [0.717, 1.165) is 37.5 Å². The maximum absolute atomic E-state index is 13.5. The first-order chi connectivity index (χ1) is 17.7. The van der Waals surface area contributed by atoms with Gasteiger partial charge < -0.3 is 15.0 Å². The predicted octanol–water partition coefficient (Wildman–Crippen LogP) is 4.11. The molecule has 0 spiro atoms. The van der Waals surface area contributed by atoms with Crippen LogP contribution in [-0.2, 0) is 26.2 Å². The van der Waals surface area contributed by atoms with Crippen LogP contribution in [0.15, 0.2) is 54.6 Å². The lowest BCUT2D eigenvalue weighted by molar-refractivity contribution is -0.141. The molecule has 37 heavy (non-hydrogen) atoms. The van der Waals surface area contributed by atoms with Gasteiger partial charge in [0.15, 0.2) is 0 Å². The van der Waals surface area contributed by atoms with E-state index in [2.05, 4.69) is 5.32 Å². The Bertz CT molecular complexity index is 1130. The standard InChI is InChI=1S/C28H39N3O5S/c1-4-26(28(33)29-23-14-8-9-15-23)30(21-22-12-6-5-7-13-22)27(32)18-11-19-31(37(3,34)35)24-16-10-17-25(20-24)36-2/h5-7,10,12-13,16-17,20,23,26H,4,8-9,11,14-15,18-19,21H2,1-3H3,(H,29,33)/t26-/m0/s1. The van der Waals surface area contributed by atoms with E-state index in [0.29, 0.717) is 30.8 Å². The zero-order chi connectivity index (χ0) is 26.8. The number of hydrogen-bond acceptors (Lipinski definition) is 5. The van der Waals surface area contributed by atoms with E-state index >= 15 is 0 Å². The van der Waals surface area contributed by atoms with Gasteiger partial charge >= 0.3 is 0 Å². The number of anilines is 1. The van der Waals surface area contributed by atoms with Crippen LogP contribution in [0.2, 0.25) is 0 Å². The molecule has 0 saturated heterocycles. The molecule has 2 amide bonds. The SMILES string of the molecule is CC[C@@H](C(=O)NC1CCCC1)N(Cc1ccccc1)C(=O)CCCN(c1cccc(OC)c1)S(C)(=O)=O. The molecular formula is C28H39N3O5S. The van der Waals surface area contributed by atoms with Crippen LogP contribution in [0.3, 0.4) is 0 Å². The molecule has 0 radical (unpaired) electrons. The lowest BCUT2D eigenvalue weighted by Crippen LogP contribution is -2.51. The normalized spacial score (nSPS) is 14.7. The summed E-state index contributed by atoms with van der Waals surface area (Å²) in [6, 6.07) is 16.0. The van der Waals surface area contributed by atoms with Crippen molar-refractivity contribution in [2.24, 2.45) is 0 Å². The highest BCUT2D eigenvalue weighted by Crippen LogP contribution is 2.24. The molecule has 0 bridgehead atoms. The van der Waals surface area contributed by atoms with Crippen LogP contribution >= 0.6 is 0 Å². The molecule has 3 rings (SSSR count). The first-order valence-corrected chi connectivity index (χ1v) is 14.8. The van der Waals surface area contributed by atoms with E-state index in [-0.39, 0.29) is 30.8 Å². The molecule has 8 nitrogen and oxygen atoms in total. The molecule has 1 saturated carbocycles. The van der Waals surface area contributed by atoms with E-state index < -0.39 is 16.1 Å². The largest absolute Gasteiger partial charge is 0.497 e. The highest BCUT2D eigenvalue weighted by molar-refractivity contribution is 7.92. The number of rotatable bonds is 13. The Labute approximate surface area is 221 Å². The smallest absolute Gasteiger partial charge is 0.243 e. The fourth-order valence-corrected chi connectivity index (χ4v) is 5.79. The number of ether oxygens (including phenoxy) is 1. The van der Waals surface area contributed by atoms with Gasteiger partial charge in [-0.05, 0) is 43.4 Å². The number of nitrogens with zero attached hydrogens (tertiary/aromatic N) is 2. The molecular weight excluding hydrogens is 490 g/mol. The molecule has 0 aliphatic heterocycles. The number of amides is 2. The van der Waals surface area contributed by atoms with Crippen molar-refractivity contribution in [2.75, 3.05) is 24.2 Å². The summed E-state index contributed by atoms with van der Waals surface area (Å²) >= 11 is 0. The Hall–Kier alpha value is -3.07. The molecule has 0 aromatic heterocycles. The number of carbonyl (C=O) groups is 2. The minimum Gasteiger partial charge on any atom is -0.497 e. The summed E-state index contributed by atoms with van der Waals surface area (Å²) in [4.78, 5) is 28.4. The molecule has 1 atom stereocenters. The van der Waals surface area contributed by atoms with Crippen LogP contribution in [0, 0.1) is 0 Å². The monoisotopic (exact) mass is 529 g/mol. The summed E-state index contributed by atoms with van der Waals surface area (Å²) in [7, 11) is -2.04. The zero-order valence-corrected chi connectivity index (χ0v) is 22.9. The minimum atomic E-state index is -3.57. The van der Waals surface area contributed by atoms with E-state index in [1.54, 1.807) is 29.2 Å². The molecule has 2 aromatic carbocycles. The number of hydrogen-bond donors (Lipinski definition) is 1. The first-order valence-electron chi connectivity index (χ1n) is 13.0. The van der Waals surface area contributed by atoms with E-state index in [4.69, 9.17) is 4.74 Å². The zero-order valence-electron chi connectivity index (χ0n) is 22.1. The number of benzene rings is 2. The van der Waals surface area contributed by atoms with Crippen molar-refractivity contribution in [1.29, 1.82) is 0 Å². The van der Waals surface area contributed by atoms with Gasteiger partial charge in [0.1, 0.15) is 11.8 Å². The lowest BCUT2D eigenvalue weighted by Gasteiger charge is -2.32. The van der Waals surface area contributed by atoms with E-state index in [9.17, 15) is 18.0 Å². The molecule has 1 aliphatic rings. The second-order valence-electron chi connectivity index (χ2n) is 9.56. The third-order valence-corrected chi connectivity index (χ3v) is 7.97. The van der Waals surface area contributed by atoms with E-state index in [1.165, 1.54) is 11.4 Å². The molecule has 1 fully saturated rings. The van der Waals surface area contributed by atoms with Gasteiger partial charge in [-0.1, -0.05) is 56.2 Å². The predicted molar refractivity (Wildman–Crippen MR) is 146 cm³/mol. The second-order valence-corrected chi connectivity index (χ2v) is 11.5. The van der Waals surface area contributed by atoms with Gasteiger partial charge in [-0.15, -0.1) is 0 Å². The van der Waals surface area contributed by atoms with Crippen molar-refractivity contribution in [3.63, 3.8) is 0 Å². The van der Waals surface area contributed by atoms with Crippen molar-refractivity contribution in [3.8, 4) is 5.75 Å². The van der Waals surface area contributed by atoms with Crippen LogP contribution in [0.4, 0.5) is 5.69 Å². The summed E-state index contributed by atoms with van der Waals surface area (Å²) in [6.45, 7) is 2.38. The second kappa shape index (κ2) is 13.5. The van der Waals surface area contributed by atoms with E-state index in [1.807, 2.05) is 37.3 Å². The summed E-state index contributed by atoms with van der Waals surface area (Å²) in [5, 5.41) is 3.15. The van der Waals surface area contributed by atoms with Gasteiger partial charge in [0.2, 0.25) is 21.8 Å². The summed E-state index contributed by atoms with van der Waals surface area (Å²) in [6.07, 6.45) is 6.25. The Kier molecular flexibility index (Phi) is 10.4. The molecule has 202 valence electrons. The summed E-state index contributed by atoms with van der Waals surface area (Å²) < 4.78 is 31.6. The molecule has 9 heteroatoms. The molecule has 1 aliphatic carbocycles. The molecule has 2 aromatic rings. The van der Waals surface area contributed by atoms with Gasteiger partial charge in [0.05, 0.1) is 19.1 Å². The third kappa shape index (κ3) is 8.21. The van der Waals surface area contributed by atoms with Crippen molar-refractivity contribution in [1.82, 2.24) is 10.2 Å². The Balaban J connectivity index is 1.74. The fraction of sp³-hybridized carbons (Fsp3) is 0.500. The average Bonchev–Trinajstić information content (AvgIpc) is 3.39. The number of nitrogens with one attached hydrogen (secondary N) is 1. The Morgan fingerprint density at radius 1 is 1.08 bits per heavy atom. The van der Waals surface area contributed by atoms with Crippen LogP contribution in [0.25, 0.3) is 0 Å². The number of carbonyl (C=O) groups excluding carboxylic acids is 2. The maximum Gasteiger partial charge on any atom is 0.243 e. The first kappa shape index (κ1) is 28.5. The van der Waals surface area contributed by atoms with Gasteiger partial charge in [-0.25, -0.2) is 8.42 Å². The maximum atomic E-state index is 13.5. The van der Waals surface area contributed by atoms with Gasteiger partial charge in [0.25, 0.3) is 0 Å². The van der Waals surface area contributed by atoms with Crippen LogP contribution in [0.5, 0.6) is 5.75 Å². The van der Waals surface area contributed by atoms with Crippen LogP contribution in [0.1, 0.15) is 57.4 Å².